The molecule has 0 aliphatic carbocycles. The standard InChI is InChI=1S/C10H15N5/c1-8-10(15-7-13-8)5-11-3-2-9-4-12-6-14-9/h4,6-7,11H,2-3,5H2,1H3,(H,12,14)(H,13,15). The first kappa shape index (κ1) is 9.92. The van der Waals surface area contributed by atoms with Gasteiger partial charge in [0.25, 0.3) is 0 Å². The predicted octanol–water partition coefficient (Wildman–Crippen LogP) is 0.774. The zero-order valence-electron chi connectivity index (χ0n) is 8.75. The summed E-state index contributed by atoms with van der Waals surface area (Å²) in [6.45, 7) is 3.76. The number of H-pyrrole nitrogens is 2. The van der Waals surface area contributed by atoms with Gasteiger partial charge in [0, 0.05) is 37.1 Å². The summed E-state index contributed by atoms with van der Waals surface area (Å²) in [5.41, 5.74) is 3.37. The number of aryl methyl sites for hydroxylation is 1. The van der Waals surface area contributed by atoms with E-state index in [2.05, 4.69) is 25.3 Å². The Morgan fingerprint density at radius 3 is 2.93 bits per heavy atom. The Bertz CT molecular complexity index is 390. The molecule has 0 radical (unpaired) electrons. The van der Waals surface area contributed by atoms with Crippen LogP contribution in [-0.2, 0) is 13.0 Å². The minimum absolute atomic E-state index is 0.809. The Hall–Kier alpha value is -1.62. The van der Waals surface area contributed by atoms with E-state index in [1.807, 2.05) is 13.1 Å². The van der Waals surface area contributed by atoms with E-state index in [1.165, 1.54) is 0 Å². The smallest absolute Gasteiger partial charge is 0.0925 e. The van der Waals surface area contributed by atoms with E-state index in [1.54, 1.807) is 12.7 Å². The number of imidazole rings is 2. The van der Waals surface area contributed by atoms with E-state index in [0.717, 1.165) is 36.6 Å². The zero-order valence-corrected chi connectivity index (χ0v) is 8.75. The lowest BCUT2D eigenvalue weighted by atomic mass is 10.3. The van der Waals surface area contributed by atoms with Gasteiger partial charge in [-0.3, -0.25) is 0 Å². The minimum Gasteiger partial charge on any atom is -0.348 e. The second-order valence-corrected chi connectivity index (χ2v) is 3.48. The van der Waals surface area contributed by atoms with Crippen molar-refractivity contribution in [3.8, 4) is 0 Å². The molecule has 0 bridgehead atoms. The summed E-state index contributed by atoms with van der Waals surface area (Å²) in [6, 6.07) is 0. The van der Waals surface area contributed by atoms with Gasteiger partial charge in [0.1, 0.15) is 0 Å². The first-order chi connectivity index (χ1) is 7.36. The van der Waals surface area contributed by atoms with Crippen LogP contribution in [0.2, 0.25) is 0 Å². The Labute approximate surface area is 88.4 Å². The molecule has 2 aromatic rings. The molecule has 5 nitrogen and oxygen atoms in total. The van der Waals surface area contributed by atoms with Crippen LogP contribution in [0.5, 0.6) is 0 Å². The summed E-state index contributed by atoms with van der Waals surface area (Å²) in [5.74, 6) is 0. The summed E-state index contributed by atoms with van der Waals surface area (Å²) < 4.78 is 0. The molecule has 0 fully saturated rings. The number of aromatic nitrogens is 4. The molecule has 2 rings (SSSR count). The van der Waals surface area contributed by atoms with Crippen molar-refractivity contribution in [3.63, 3.8) is 0 Å². The summed E-state index contributed by atoms with van der Waals surface area (Å²) in [7, 11) is 0. The molecule has 0 aliphatic heterocycles. The Kier molecular flexibility index (Phi) is 3.14. The molecule has 15 heavy (non-hydrogen) atoms. The second-order valence-electron chi connectivity index (χ2n) is 3.48. The SMILES string of the molecule is Cc1[nH]cnc1CNCCc1cnc[nH]1. The molecule has 0 aliphatic rings. The molecule has 0 spiro atoms. The van der Waals surface area contributed by atoms with Gasteiger partial charge in [0.05, 0.1) is 18.3 Å². The van der Waals surface area contributed by atoms with Crippen molar-refractivity contribution in [1.29, 1.82) is 0 Å². The lowest BCUT2D eigenvalue weighted by molar-refractivity contribution is 0.669. The largest absolute Gasteiger partial charge is 0.348 e. The van der Waals surface area contributed by atoms with Crippen LogP contribution < -0.4 is 5.32 Å². The Morgan fingerprint density at radius 2 is 2.27 bits per heavy atom. The zero-order chi connectivity index (χ0) is 10.5. The van der Waals surface area contributed by atoms with E-state index >= 15 is 0 Å². The lowest BCUT2D eigenvalue weighted by Crippen LogP contribution is -2.17. The van der Waals surface area contributed by atoms with Crippen molar-refractivity contribution in [3.05, 3.63) is 35.9 Å². The van der Waals surface area contributed by atoms with Gasteiger partial charge in [-0.15, -0.1) is 0 Å². The van der Waals surface area contributed by atoms with Crippen LogP contribution in [0.25, 0.3) is 0 Å². The molecule has 0 amide bonds. The van der Waals surface area contributed by atoms with Gasteiger partial charge >= 0.3 is 0 Å². The van der Waals surface area contributed by atoms with Gasteiger partial charge in [-0.1, -0.05) is 0 Å². The van der Waals surface area contributed by atoms with Crippen molar-refractivity contribution in [2.75, 3.05) is 6.54 Å². The van der Waals surface area contributed by atoms with Gasteiger partial charge in [0.15, 0.2) is 0 Å². The Balaban J connectivity index is 1.70. The molecular formula is C10H15N5. The van der Waals surface area contributed by atoms with Crippen LogP contribution in [-0.4, -0.2) is 26.5 Å². The molecule has 0 unspecified atom stereocenters. The number of hydrogen-bond donors (Lipinski definition) is 3. The van der Waals surface area contributed by atoms with E-state index in [4.69, 9.17) is 0 Å². The fraction of sp³-hybridized carbons (Fsp3) is 0.400. The van der Waals surface area contributed by atoms with E-state index in [-0.39, 0.29) is 0 Å². The number of rotatable bonds is 5. The highest BCUT2D eigenvalue weighted by Crippen LogP contribution is 1.99. The third kappa shape index (κ3) is 2.66. The number of nitrogens with zero attached hydrogens (tertiary/aromatic N) is 2. The highest BCUT2D eigenvalue weighted by atomic mass is 14.9. The van der Waals surface area contributed by atoms with Crippen molar-refractivity contribution < 1.29 is 0 Å². The van der Waals surface area contributed by atoms with Crippen LogP contribution >= 0.6 is 0 Å². The van der Waals surface area contributed by atoms with E-state index in [9.17, 15) is 0 Å². The van der Waals surface area contributed by atoms with Gasteiger partial charge in [-0.05, 0) is 6.92 Å². The molecule has 0 saturated carbocycles. The van der Waals surface area contributed by atoms with Crippen LogP contribution in [0.4, 0.5) is 0 Å². The average molecular weight is 205 g/mol. The van der Waals surface area contributed by atoms with Crippen molar-refractivity contribution >= 4 is 0 Å². The molecule has 0 aromatic carbocycles. The fourth-order valence-corrected chi connectivity index (χ4v) is 1.42. The molecule has 2 aromatic heterocycles. The number of hydrogen-bond acceptors (Lipinski definition) is 3. The Morgan fingerprint density at radius 1 is 1.33 bits per heavy atom. The van der Waals surface area contributed by atoms with E-state index in [0.29, 0.717) is 0 Å². The van der Waals surface area contributed by atoms with Crippen molar-refractivity contribution in [2.45, 2.75) is 19.9 Å². The highest BCUT2D eigenvalue weighted by Gasteiger charge is 1.99. The van der Waals surface area contributed by atoms with Gasteiger partial charge in [-0.25, -0.2) is 9.97 Å². The van der Waals surface area contributed by atoms with Crippen molar-refractivity contribution in [1.82, 2.24) is 25.3 Å². The number of nitrogens with one attached hydrogen (secondary N) is 3. The molecule has 2 heterocycles. The van der Waals surface area contributed by atoms with Crippen LogP contribution in [0.15, 0.2) is 18.9 Å². The fourth-order valence-electron chi connectivity index (χ4n) is 1.42. The molecule has 0 saturated heterocycles. The molecule has 3 N–H and O–H groups in total. The summed E-state index contributed by atoms with van der Waals surface area (Å²) in [4.78, 5) is 14.3. The molecule has 80 valence electrons. The third-order valence-electron chi connectivity index (χ3n) is 2.35. The maximum atomic E-state index is 4.21. The summed E-state index contributed by atoms with van der Waals surface area (Å²) in [5, 5.41) is 3.34. The lowest BCUT2D eigenvalue weighted by Gasteiger charge is -2.01. The highest BCUT2D eigenvalue weighted by molar-refractivity contribution is 5.08. The maximum absolute atomic E-state index is 4.21. The minimum atomic E-state index is 0.809. The van der Waals surface area contributed by atoms with Gasteiger partial charge in [0.2, 0.25) is 0 Å². The van der Waals surface area contributed by atoms with Crippen LogP contribution in [0.3, 0.4) is 0 Å². The second kappa shape index (κ2) is 4.75. The molecule has 5 heteroatoms. The monoisotopic (exact) mass is 205 g/mol. The molecule has 0 atom stereocenters. The summed E-state index contributed by atoms with van der Waals surface area (Å²) >= 11 is 0. The topological polar surface area (TPSA) is 69.4 Å². The quantitative estimate of drug-likeness (QED) is 0.632. The first-order valence-electron chi connectivity index (χ1n) is 5.03. The third-order valence-corrected chi connectivity index (χ3v) is 2.35. The van der Waals surface area contributed by atoms with Crippen LogP contribution in [0, 0.1) is 6.92 Å². The normalized spacial score (nSPS) is 10.7. The molecular weight excluding hydrogens is 190 g/mol. The predicted molar refractivity (Wildman–Crippen MR) is 57.3 cm³/mol. The van der Waals surface area contributed by atoms with Gasteiger partial charge in [-0.2, -0.15) is 0 Å². The summed E-state index contributed by atoms with van der Waals surface area (Å²) in [6.07, 6.45) is 6.24. The maximum Gasteiger partial charge on any atom is 0.0925 e. The van der Waals surface area contributed by atoms with Gasteiger partial charge < -0.3 is 15.3 Å². The van der Waals surface area contributed by atoms with Crippen LogP contribution in [0.1, 0.15) is 17.1 Å². The number of aromatic amines is 2. The van der Waals surface area contributed by atoms with Crippen molar-refractivity contribution in [2.24, 2.45) is 0 Å². The van der Waals surface area contributed by atoms with E-state index < -0.39 is 0 Å². The average Bonchev–Trinajstić information content (AvgIpc) is 2.85. The first-order valence-corrected chi connectivity index (χ1v) is 5.03.